The second-order valence-electron chi connectivity index (χ2n) is 3.53. The standard InChI is InChI=1S/C12H7F3N2OS/c13-12(14,15)18-9-3-1-8(2-4-9)10-7-19-11(17-10)5-6-16/h1-4,7H,5H2. The molecule has 0 unspecified atom stereocenters. The third-order valence-corrected chi connectivity index (χ3v) is 3.01. The van der Waals surface area contributed by atoms with Crippen molar-refractivity contribution >= 4 is 11.3 Å². The fourth-order valence-electron chi connectivity index (χ4n) is 1.42. The molecular weight excluding hydrogens is 277 g/mol. The second kappa shape index (κ2) is 5.28. The Balaban J connectivity index is 2.15. The minimum Gasteiger partial charge on any atom is -0.406 e. The van der Waals surface area contributed by atoms with Crippen molar-refractivity contribution in [3.8, 4) is 23.1 Å². The Kier molecular flexibility index (Phi) is 3.71. The summed E-state index contributed by atoms with van der Waals surface area (Å²) in [6.45, 7) is 0. The zero-order chi connectivity index (χ0) is 13.9. The summed E-state index contributed by atoms with van der Waals surface area (Å²) in [5.41, 5.74) is 1.31. The maximum Gasteiger partial charge on any atom is 0.573 e. The molecule has 0 saturated carbocycles. The van der Waals surface area contributed by atoms with Gasteiger partial charge in [0, 0.05) is 10.9 Å². The SMILES string of the molecule is N#CCc1nc(-c2ccc(OC(F)(F)F)cc2)cs1. The van der Waals surface area contributed by atoms with Gasteiger partial charge in [0.25, 0.3) is 0 Å². The zero-order valence-corrected chi connectivity index (χ0v) is 10.3. The normalized spacial score (nSPS) is 11.1. The van der Waals surface area contributed by atoms with Crippen LogP contribution in [0, 0.1) is 11.3 Å². The van der Waals surface area contributed by atoms with Gasteiger partial charge in [-0.1, -0.05) is 0 Å². The molecule has 1 heterocycles. The molecule has 2 aromatic rings. The topological polar surface area (TPSA) is 45.9 Å². The van der Waals surface area contributed by atoms with Gasteiger partial charge in [-0.15, -0.1) is 24.5 Å². The summed E-state index contributed by atoms with van der Waals surface area (Å²) in [4.78, 5) is 4.21. The molecule has 0 aliphatic carbocycles. The van der Waals surface area contributed by atoms with E-state index in [2.05, 4.69) is 9.72 Å². The molecule has 0 N–H and O–H groups in total. The lowest BCUT2D eigenvalue weighted by Gasteiger charge is -2.08. The Morgan fingerprint density at radius 1 is 1.26 bits per heavy atom. The van der Waals surface area contributed by atoms with E-state index in [9.17, 15) is 13.2 Å². The van der Waals surface area contributed by atoms with E-state index in [1.165, 1.54) is 35.6 Å². The van der Waals surface area contributed by atoms with Gasteiger partial charge < -0.3 is 4.74 Å². The van der Waals surface area contributed by atoms with Gasteiger partial charge in [-0.3, -0.25) is 0 Å². The second-order valence-corrected chi connectivity index (χ2v) is 4.48. The highest BCUT2D eigenvalue weighted by molar-refractivity contribution is 7.10. The maximum absolute atomic E-state index is 12.0. The number of hydrogen-bond donors (Lipinski definition) is 0. The summed E-state index contributed by atoms with van der Waals surface area (Å²) in [6, 6.07) is 7.43. The van der Waals surface area contributed by atoms with Crippen LogP contribution in [-0.2, 0) is 6.42 Å². The van der Waals surface area contributed by atoms with Crippen molar-refractivity contribution in [1.82, 2.24) is 4.98 Å². The fraction of sp³-hybridized carbons (Fsp3) is 0.167. The van der Waals surface area contributed by atoms with Crippen LogP contribution in [0.1, 0.15) is 5.01 Å². The quantitative estimate of drug-likeness (QED) is 0.861. The zero-order valence-electron chi connectivity index (χ0n) is 9.44. The highest BCUT2D eigenvalue weighted by Crippen LogP contribution is 2.27. The molecule has 0 spiro atoms. The van der Waals surface area contributed by atoms with Crippen molar-refractivity contribution in [3.63, 3.8) is 0 Å². The lowest BCUT2D eigenvalue weighted by atomic mass is 10.2. The van der Waals surface area contributed by atoms with Gasteiger partial charge in [-0.25, -0.2) is 4.98 Å². The van der Waals surface area contributed by atoms with Crippen LogP contribution >= 0.6 is 11.3 Å². The van der Waals surface area contributed by atoms with E-state index in [1.807, 2.05) is 6.07 Å². The molecule has 1 aromatic carbocycles. The Hall–Kier alpha value is -2.07. The summed E-state index contributed by atoms with van der Waals surface area (Å²) in [7, 11) is 0. The third-order valence-electron chi connectivity index (χ3n) is 2.17. The van der Waals surface area contributed by atoms with Gasteiger partial charge in [-0.05, 0) is 24.3 Å². The summed E-state index contributed by atoms with van der Waals surface area (Å²) < 4.78 is 39.7. The molecule has 0 saturated heterocycles. The number of nitriles is 1. The van der Waals surface area contributed by atoms with E-state index < -0.39 is 6.36 Å². The number of aromatic nitrogens is 1. The highest BCUT2D eigenvalue weighted by Gasteiger charge is 2.30. The molecule has 1 aromatic heterocycles. The highest BCUT2D eigenvalue weighted by atomic mass is 32.1. The van der Waals surface area contributed by atoms with Crippen LogP contribution in [0.3, 0.4) is 0 Å². The number of thiazole rings is 1. The minimum absolute atomic E-state index is 0.222. The van der Waals surface area contributed by atoms with E-state index in [1.54, 1.807) is 5.38 Å². The Morgan fingerprint density at radius 2 is 1.95 bits per heavy atom. The van der Waals surface area contributed by atoms with Crippen molar-refractivity contribution in [3.05, 3.63) is 34.7 Å². The smallest absolute Gasteiger partial charge is 0.406 e. The van der Waals surface area contributed by atoms with Crippen molar-refractivity contribution in [2.75, 3.05) is 0 Å². The first-order valence-corrected chi connectivity index (χ1v) is 6.03. The number of halogens is 3. The Morgan fingerprint density at radius 3 is 2.53 bits per heavy atom. The number of hydrogen-bond acceptors (Lipinski definition) is 4. The Bertz CT molecular complexity index is 599. The monoisotopic (exact) mass is 284 g/mol. The summed E-state index contributed by atoms with van der Waals surface area (Å²) in [6.07, 6.45) is -4.47. The average Bonchev–Trinajstić information content (AvgIpc) is 2.77. The van der Waals surface area contributed by atoms with E-state index in [4.69, 9.17) is 5.26 Å². The molecule has 7 heteroatoms. The van der Waals surface area contributed by atoms with E-state index >= 15 is 0 Å². The molecule has 2 rings (SSSR count). The van der Waals surface area contributed by atoms with Crippen LogP contribution in [0.25, 0.3) is 11.3 Å². The van der Waals surface area contributed by atoms with E-state index in [0.717, 1.165) is 0 Å². The van der Waals surface area contributed by atoms with Crippen molar-refractivity contribution in [2.24, 2.45) is 0 Å². The van der Waals surface area contributed by atoms with Crippen LogP contribution < -0.4 is 4.74 Å². The van der Waals surface area contributed by atoms with Crippen molar-refractivity contribution in [1.29, 1.82) is 5.26 Å². The number of rotatable bonds is 3. The lowest BCUT2D eigenvalue weighted by Crippen LogP contribution is -2.16. The van der Waals surface area contributed by atoms with Gasteiger partial charge in [0.15, 0.2) is 0 Å². The summed E-state index contributed by atoms with van der Waals surface area (Å²) >= 11 is 1.34. The molecule has 0 bridgehead atoms. The first-order valence-electron chi connectivity index (χ1n) is 5.15. The molecule has 0 amide bonds. The number of nitrogens with zero attached hydrogens (tertiary/aromatic N) is 2. The number of benzene rings is 1. The molecule has 19 heavy (non-hydrogen) atoms. The molecule has 0 aliphatic rings. The minimum atomic E-state index is -4.69. The van der Waals surface area contributed by atoms with Gasteiger partial charge in [0.2, 0.25) is 0 Å². The summed E-state index contributed by atoms with van der Waals surface area (Å²) in [5.74, 6) is -0.274. The summed E-state index contributed by atoms with van der Waals surface area (Å²) in [5, 5.41) is 11.0. The van der Waals surface area contributed by atoms with Crippen LogP contribution in [0.2, 0.25) is 0 Å². The maximum atomic E-state index is 12.0. The largest absolute Gasteiger partial charge is 0.573 e. The Labute approximate surface area is 110 Å². The molecule has 0 fully saturated rings. The van der Waals surface area contributed by atoms with Crippen LogP contribution in [0.4, 0.5) is 13.2 Å². The van der Waals surface area contributed by atoms with Gasteiger partial charge in [0.05, 0.1) is 18.2 Å². The molecule has 0 atom stereocenters. The van der Waals surface area contributed by atoms with Crippen molar-refractivity contribution < 1.29 is 17.9 Å². The average molecular weight is 284 g/mol. The lowest BCUT2D eigenvalue weighted by molar-refractivity contribution is -0.274. The molecule has 3 nitrogen and oxygen atoms in total. The van der Waals surface area contributed by atoms with Gasteiger partial charge >= 0.3 is 6.36 Å². The molecule has 0 aliphatic heterocycles. The van der Waals surface area contributed by atoms with Crippen LogP contribution in [0.5, 0.6) is 5.75 Å². The molecular formula is C12H7F3N2OS. The van der Waals surface area contributed by atoms with Crippen molar-refractivity contribution in [2.45, 2.75) is 12.8 Å². The predicted octanol–water partition coefficient (Wildman–Crippen LogP) is 3.77. The molecule has 98 valence electrons. The van der Waals surface area contributed by atoms with Crippen LogP contribution in [-0.4, -0.2) is 11.3 Å². The van der Waals surface area contributed by atoms with E-state index in [0.29, 0.717) is 16.3 Å². The fourth-order valence-corrected chi connectivity index (χ4v) is 2.16. The number of alkyl halides is 3. The van der Waals surface area contributed by atoms with Crippen LogP contribution in [0.15, 0.2) is 29.6 Å². The van der Waals surface area contributed by atoms with E-state index in [-0.39, 0.29) is 12.2 Å². The first-order chi connectivity index (χ1) is 8.98. The molecule has 0 radical (unpaired) electrons. The first kappa shape index (κ1) is 13.4. The van der Waals surface area contributed by atoms with Gasteiger partial charge in [0.1, 0.15) is 10.8 Å². The van der Waals surface area contributed by atoms with Gasteiger partial charge in [-0.2, -0.15) is 5.26 Å². The third kappa shape index (κ3) is 3.69. The number of ether oxygens (including phenoxy) is 1. The predicted molar refractivity (Wildman–Crippen MR) is 63.6 cm³/mol.